The third-order valence-electron chi connectivity index (χ3n) is 17.1. The molecule has 6 N–H and O–H groups in total. The number of fused-ring (bicyclic) bond motifs is 13. The van der Waals surface area contributed by atoms with Crippen LogP contribution in [-0.4, -0.2) is 149 Å². The number of sulfonamides is 1. The number of hydrogen-bond donors (Lipinski definition) is 5. The van der Waals surface area contributed by atoms with Crippen molar-refractivity contribution < 1.29 is 74.0 Å². The van der Waals surface area contributed by atoms with E-state index >= 15 is 0 Å². The number of likely N-dealkylation sites (N-methyl/N-ethyl adjacent to an activating group) is 1. The molecule has 96 heavy (non-hydrogen) atoms. The molecule has 21 nitrogen and oxygen atoms in total. The van der Waals surface area contributed by atoms with E-state index in [9.17, 15) is 22.8 Å². The van der Waals surface area contributed by atoms with Gasteiger partial charge >= 0.3 is 50.5 Å². The van der Waals surface area contributed by atoms with Crippen molar-refractivity contribution in [3.05, 3.63) is 178 Å². The standard InChI is InChI=1S/C22H19ClN2O4S.C21H19N3O5S.C20H18N2O3S.C2H2Cl2O.CH5N.I3/c1-27-22(30)16-9-14-13-4-2-3-5-15(13)24-20(14)21(25(16)19(26)10-23)12-6-7-17-18(8-12)29-11-28-17;1-23-10-30(26,27)24-16(21(23)25)9-14-13-4-2-3-5-15(13)22-19(14)20(24)12-6-7-17-18(8-12)29-11-28-17;1-23-20(26)15-9-13-12-4-2-3-5-14(12)21-19(13)18(22-15)11-6-7-16-17(8-11)25-10-24-16;3-1-2(4)5;1-2;1-3-2/h2-8,16,21,24H,9-11H2,1H3;2-8,16,20,22H,9-11H2,1H3;2-8,15,18,21-22H,9-10H2,1H3;1H2;2H2,1H3;/q;;;;;-1/t16-,21-;16-,20-;15-,18-;;;/m111.../s1. The fourth-order valence-electron chi connectivity index (χ4n) is 13.1. The molecule has 0 spiro atoms. The van der Waals surface area contributed by atoms with Crippen LogP contribution in [0.1, 0.15) is 68.6 Å². The summed E-state index contributed by atoms with van der Waals surface area (Å²) in [7, 11) is 2.49. The van der Waals surface area contributed by atoms with Crippen LogP contribution in [0.2, 0.25) is 0 Å². The van der Waals surface area contributed by atoms with Crippen molar-refractivity contribution in [3.8, 4) is 34.5 Å². The van der Waals surface area contributed by atoms with Crippen molar-refractivity contribution in [2.75, 3.05) is 66.3 Å². The Morgan fingerprint density at radius 3 is 1.51 bits per heavy atom. The molecule has 1 fully saturated rings. The molecule has 0 unspecified atom stereocenters. The summed E-state index contributed by atoms with van der Waals surface area (Å²) in [5, 5.41) is 7.42. The molecular formula is C66H63Cl3I3N8O13S3-. The Bertz CT molecular complexity index is 4550. The number of aromatic amines is 3. The average Bonchev–Trinajstić information content (AvgIpc) is 1.48. The maximum absolute atomic E-state index is 13.3. The van der Waals surface area contributed by atoms with Gasteiger partial charge in [0, 0.05) is 69.7 Å². The number of benzene rings is 6. The van der Waals surface area contributed by atoms with Crippen molar-refractivity contribution in [2.24, 2.45) is 5.73 Å². The van der Waals surface area contributed by atoms with E-state index < -0.39 is 39.4 Å². The van der Waals surface area contributed by atoms with Crippen molar-refractivity contribution in [1.82, 2.24) is 34.4 Å². The number of carbonyl (C=O) groups is 3. The van der Waals surface area contributed by atoms with Crippen LogP contribution in [0.3, 0.4) is 0 Å². The maximum atomic E-state index is 13.3. The summed E-state index contributed by atoms with van der Waals surface area (Å²) in [4.78, 5) is 49.1. The fraction of sp³-hybridized carbons (Fsp3) is 0.288. The number of H-pyrrole nitrogens is 3. The van der Waals surface area contributed by atoms with Gasteiger partial charge in [-0.15, -0.1) is 23.2 Å². The molecule has 3 aromatic heterocycles. The molecule has 30 heteroatoms. The zero-order valence-electron chi connectivity index (χ0n) is 51.7. The number of nitrogens with one attached hydrogen (secondary N) is 4. The van der Waals surface area contributed by atoms with Crippen LogP contribution in [-0.2, 0) is 53.1 Å². The second-order valence-electron chi connectivity index (χ2n) is 22.3. The SMILES string of the molecule is CN.CN1CS(=O)(=O)N2[C@H](c3ccc4c(c3)OCO4)c3[nH]c4ccccc4c3C[C@@H]2C1=O.COC(=S)[C@H]1Cc2c([nH]c3ccccc23)[C@@H](c2ccc3c(c2)OCO3)N1.COC(=S)[C@H]1Cc2c([nH]c3ccccc23)[C@@H](c2ccc3c(c2)OCO3)N1C(=O)CCl.I[I-]I.O=C(Cl)CCl. The Morgan fingerprint density at radius 1 is 0.615 bits per heavy atom. The molecule has 0 saturated carbocycles. The number of carbonyl (C=O) groups excluding carboxylic acids is 3. The summed E-state index contributed by atoms with van der Waals surface area (Å²) in [5.74, 6) is 3.11. The van der Waals surface area contributed by atoms with E-state index in [0.717, 1.165) is 84.4 Å². The van der Waals surface area contributed by atoms with Crippen molar-refractivity contribution >= 4 is 166 Å². The average molecular weight is 1760 g/mol. The Labute approximate surface area is 608 Å². The van der Waals surface area contributed by atoms with Crippen LogP contribution in [0.5, 0.6) is 34.5 Å². The summed E-state index contributed by atoms with van der Waals surface area (Å²) >= 11 is 31.8. The van der Waals surface area contributed by atoms with Gasteiger partial charge in [0.25, 0.3) is 0 Å². The minimum Gasteiger partial charge on any atom is -0.280 e. The van der Waals surface area contributed by atoms with E-state index in [1.165, 1.54) is 47.1 Å². The first-order valence-electron chi connectivity index (χ1n) is 29.7. The fourth-order valence-corrected chi connectivity index (χ4v) is 15.5. The Balaban J connectivity index is 0.000000137. The number of nitrogens with two attached hydrogens (primary N) is 1. The molecule has 0 radical (unpaired) electrons. The van der Waals surface area contributed by atoms with Gasteiger partial charge in [0.2, 0.25) is 47.5 Å². The molecule has 7 aliphatic heterocycles. The number of halogens is 6. The monoisotopic (exact) mass is 1760 g/mol. The summed E-state index contributed by atoms with van der Waals surface area (Å²) in [6, 6.07) is 39.2. The van der Waals surface area contributed by atoms with Crippen LogP contribution >= 0.6 is 96.5 Å². The Morgan fingerprint density at radius 2 is 1.03 bits per heavy atom. The van der Waals surface area contributed by atoms with Gasteiger partial charge in [0.15, 0.2) is 44.6 Å². The first-order valence-corrected chi connectivity index (χ1v) is 46.1. The number of para-hydroxylation sites is 3. The van der Waals surface area contributed by atoms with Crippen LogP contribution < -0.4 is 52.7 Å². The molecule has 6 atom stereocenters. The molecule has 9 aromatic rings. The van der Waals surface area contributed by atoms with Gasteiger partial charge in [-0.3, -0.25) is 19.7 Å². The topological polar surface area (TPSA) is 254 Å². The normalized spacial score (nSPS) is 20.2. The van der Waals surface area contributed by atoms with E-state index in [1.807, 2.05) is 91.0 Å². The molecule has 7 aliphatic rings. The van der Waals surface area contributed by atoms with Crippen LogP contribution in [0.25, 0.3) is 32.7 Å². The van der Waals surface area contributed by atoms with E-state index in [0.29, 0.717) is 59.2 Å². The molecule has 0 bridgehead atoms. The summed E-state index contributed by atoms with van der Waals surface area (Å²) in [5.41, 5.74) is 16.6. The number of ether oxygens (including phenoxy) is 8. The number of aromatic nitrogens is 3. The largest absolute Gasteiger partial charge is 0.280 e. The van der Waals surface area contributed by atoms with Gasteiger partial charge in [-0.25, -0.2) is 8.42 Å². The maximum Gasteiger partial charge on any atom is 0.236 e. The predicted octanol–water partition coefficient (Wildman–Crippen LogP) is 8.74. The molecule has 1 saturated heterocycles. The number of thiocarbonyl (C=S) groups is 2. The molecule has 10 heterocycles. The Hall–Kier alpha value is -5.98. The number of hydrogen-bond acceptors (Lipinski definition) is 17. The van der Waals surface area contributed by atoms with Gasteiger partial charge in [0.1, 0.15) is 23.8 Å². The minimum absolute atomic E-state index is 0.0289. The van der Waals surface area contributed by atoms with Gasteiger partial charge in [0.05, 0.1) is 44.3 Å². The summed E-state index contributed by atoms with van der Waals surface area (Å²) in [6.45, 7) is 0.585. The molecule has 16 rings (SSSR count). The van der Waals surface area contributed by atoms with Crippen LogP contribution in [0, 0.1) is 0 Å². The number of rotatable bonds is 7. The molecule has 6 aromatic carbocycles. The minimum atomic E-state index is -3.71. The first kappa shape index (κ1) is 71.3. The zero-order chi connectivity index (χ0) is 68.1. The molecule has 2 amide bonds. The van der Waals surface area contributed by atoms with Crippen molar-refractivity contribution in [2.45, 2.75) is 55.5 Å². The van der Waals surface area contributed by atoms with E-state index in [1.54, 1.807) is 18.1 Å². The van der Waals surface area contributed by atoms with Crippen LogP contribution in [0.4, 0.5) is 0 Å². The second kappa shape index (κ2) is 31.5. The third kappa shape index (κ3) is 14.4. The Kier molecular flexibility index (Phi) is 23.4. The quantitative estimate of drug-likeness (QED) is 0.0433. The smallest absolute Gasteiger partial charge is 0.236 e. The van der Waals surface area contributed by atoms with Gasteiger partial charge in [-0.2, -0.15) is 4.31 Å². The summed E-state index contributed by atoms with van der Waals surface area (Å²) < 4.78 is 71.7. The molecule has 0 aliphatic carbocycles. The van der Waals surface area contributed by atoms with E-state index in [2.05, 4.69) is 93.6 Å². The van der Waals surface area contributed by atoms with E-state index in [-0.39, 0.29) is 61.9 Å². The van der Waals surface area contributed by atoms with Gasteiger partial charge in [-0.1, -0.05) is 72.8 Å². The van der Waals surface area contributed by atoms with Gasteiger partial charge < -0.3 is 68.4 Å². The predicted molar refractivity (Wildman–Crippen MR) is 389 cm³/mol. The van der Waals surface area contributed by atoms with Gasteiger partial charge in [-0.05, 0) is 137 Å². The third-order valence-corrected chi connectivity index (χ3v) is 20.5. The van der Waals surface area contributed by atoms with Crippen molar-refractivity contribution in [3.63, 3.8) is 0 Å². The molecular weight excluding hydrogens is 1700 g/mol. The van der Waals surface area contributed by atoms with Crippen molar-refractivity contribution in [1.29, 1.82) is 0 Å². The number of alkyl halides is 2. The first-order chi connectivity index (χ1) is 46.5. The van der Waals surface area contributed by atoms with E-state index in [4.69, 9.17) is 97.1 Å². The number of methoxy groups -OCH3 is 2. The number of nitrogens with zero attached hydrogens (tertiary/aromatic N) is 3. The number of amides is 2. The zero-order valence-corrected chi connectivity index (χ0v) is 62.9. The van der Waals surface area contributed by atoms with Crippen LogP contribution in [0.15, 0.2) is 127 Å². The summed E-state index contributed by atoms with van der Waals surface area (Å²) in [6.07, 6.45) is 1.69. The molecule has 506 valence electrons. The second-order valence-corrected chi connectivity index (χ2v) is 42.1.